The number of benzene rings is 1. The lowest BCUT2D eigenvalue weighted by atomic mass is 9.71. The van der Waals surface area contributed by atoms with Crippen LogP contribution in [0.4, 0.5) is 0 Å². The van der Waals surface area contributed by atoms with Gasteiger partial charge in [-0.1, -0.05) is 12.8 Å². The summed E-state index contributed by atoms with van der Waals surface area (Å²) in [6.45, 7) is 3.70. The predicted octanol–water partition coefficient (Wildman–Crippen LogP) is 1.67. The molecule has 2 heterocycles. The summed E-state index contributed by atoms with van der Waals surface area (Å²) < 4.78 is 11.6. The van der Waals surface area contributed by atoms with Gasteiger partial charge < -0.3 is 25.4 Å². The summed E-state index contributed by atoms with van der Waals surface area (Å²) in [7, 11) is 0. The molecule has 0 saturated heterocycles. The minimum atomic E-state index is -0.316. The van der Waals surface area contributed by atoms with Crippen molar-refractivity contribution < 1.29 is 19.1 Å². The highest BCUT2D eigenvalue weighted by molar-refractivity contribution is 5.86. The first kappa shape index (κ1) is 20.7. The van der Waals surface area contributed by atoms with Gasteiger partial charge in [0, 0.05) is 12.0 Å². The van der Waals surface area contributed by atoms with Gasteiger partial charge in [-0.05, 0) is 43.0 Å². The molecule has 28 heavy (non-hydrogen) atoms. The van der Waals surface area contributed by atoms with Crippen LogP contribution in [-0.4, -0.2) is 49.6 Å². The Bertz CT molecular complexity index is 764. The number of rotatable bonds is 3. The normalized spacial score (nSPS) is 21.6. The van der Waals surface area contributed by atoms with Crippen LogP contribution in [0.15, 0.2) is 12.1 Å². The van der Waals surface area contributed by atoms with Crippen LogP contribution in [0.5, 0.6) is 11.5 Å². The molecule has 3 N–H and O–H groups in total. The third-order valence-corrected chi connectivity index (χ3v) is 6.18. The average molecular weight is 410 g/mol. The van der Waals surface area contributed by atoms with Gasteiger partial charge in [0.2, 0.25) is 11.8 Å². The monoisotopic (exact) mass is 409 g/mol. The Labute approximate surface area is 171 Å². The van der Waals surface area contributed by atoms with Gasteiger partial charge in [-0.2, -0.15) is 0 Å². The molecule has 0 bridgehead atoms. The van der Waals surface area contributed by atoms with E-state index in [0.717, 1.165) is 42.7 Å². The van der Waals surface area contributed by atoms with Gasteiger partial charge >= 0.3 is 0 Å². The Morgan fingerprint density at radius 2 is 1.86 bits per heavy atom. The number of carbonyl (C=O) groups excluding carboxylic acids is 2. The van der Waals surface area contributed by atoms with Gasteiger partial charge in [0.25, 0.3) is 0 Å². The lowest BCUT2D eigenvalue weighted by molar-refractivity contribution is -0.136. The first-order chi connectivity index (χ1) is 13.0. The second kappa shape index (κ2) is 8.17. The minimum absolute atomic E-state index is 0. The number of nitrogens with zero attached hydrogens (tertiary/aromatic N) is 1. The molecule has 2 aliphatic heterocycles. The number of fused-ring (bicyclic) bond motifs is 3. The Balaban J connectivity index is 0.00000225. The summed E-state index contributed by atoms with van der Waals surface area (Å²) in [5.41, 5.74) is 7.72. The fraction of sp³-hybridized carbons (Fsp3) is 0.600. The first-order valence-electron chi connectivity index (χ1n) is 9.74. The SMILES string of the molecule is CC1c2cc3c(cc2C2(CCCC2)CN1C(=O)CNC(=O)CN)OCCO3.Cl. The van der Waals surface area contributed by atoms with E-state index >= 15 is 0 Å². The van der Waals surface area contributed by atoms with E-state index in [2.05, 4.69) is 11.4 Å². The highest BCUT2D eigenvalue weighted by Crippen LogP contribution is 2.51. The topological polar surface area (TPSA) is 93.9 Å². The van der Waals surface area contributed by atoms with Crippen molar-refractivity contribution in [1.29, 1.82) is 0 Å². The van der Waals surface area contributed by atoms with Crippen molar-refractivity contribution in [3.8, 4) is 11.5 Å². The van der Waals surface area contributed by atoms with Crippen molar-refractivity contribution in [2.24, 2.45) is 5.73 Å². The Morgan fingerprint density at radius 3 is 2.50 bits per heavy atom. The lowest BCUT2D eigenvalue weighted by Crippen LogP contribution is -2.51. The summed E-state index contributed by atoms with van der Waals surface area (Å²) in [5.74, 6) is 1.18. The molecule has 1 aromatic carbocycles. The molecule has 154 valence electrons. The Morgan fingerprint density at radius 1 is 1.21 bits per heavy atom. The van der Waals surface area contributed by atoms with E-state index < -0.39 is 0 Å². The van der Waals surface area contributed by atoms with Crippen LogP contribution in [0.3, 0.4) is 0 Å². The Kier molecular flexibility index (Phi) is 6.05. The highest BCUT2D eigenvalue weighted by Gasteiger charge is 2.46. The second-order valence-electron chi connectivity index (χ2n) is 7.75. The van der Waals surface area contributed by atoms with Gasteiger partial charge in [-0.3, -0.25) is 9.59 Å². The molecule has 3 aliphatic rings. The maximum atomic E-state index is 12.9. The van der Waals surface area contributed by atoms with Crippen LogP contribution >= 0.6 is 12.4 Å². The van der Waals surface area contributed by atoms with Crippen LogP contribution in [0, 0.1) is 0 Å². The number of ether oxygens (including phenoxy) is 2. The third kappa shape index (κ3) is 3.53. The molecule has 8 heteroatoms. The molecule has 7 nitrogen and oxygen atoms in total. The zero-order chi connectivity index (χ0) is 19.0. The molecule has 4 rings (SSSR count). The fourth-order valence-corrected chi connectivity index (χ4v) is 4.76. The van der Waals surface area contributed by atoms with E-state index in [-0.39, 0.29) is 48.8 Å². The van der Waals surface area contributed by atoms with Crippen molar-refractivity contribution in [2.45, 2.75) is 44.1 Å². The van der Waals surface area contributed by atoms with Gasteiger partial charge in [0.05, 0.1) is 19.1 Å². The molecule has 1 fully saturated rings. The molecule has 0 radical (unpaired) electrons. The predicted molar refractivity (Wildman–Crippen MR) is 107 cm³/mol. The molecule has 1 unspecified atom stereocenters. The zero-order valence-corrected chi connectivity index (χ0v) is 17.0. The number of hydrogen-bond donors (Lipinski definition) is 2. The second-order valence-corrected chi connectivity index (χ2v) is 7.75. The molecule has 1 aromatic rings. The van der Waals surface area contributed by atoms with Gasteiger partial charge in [-0.15, -0.1) is 12.4 Å². The third-order valence-electron chi connectivity index (χ3n) is 6.18. The summed E-state index contributed by atoms with van der Waals surface area (Å²) >= 11 is 0. The standard InChI is InChI=1S/C20H27N3O4.ClH/c1-13-14-8-16-17(27-7-6-26-16)9-15(14)20(4-2-3-5-20)12-23(13)19(25)11-22-18(24)10-21;/h8-9,13H,2-7,10-12,21H2,1H3,(H,22,24);1H. The number of halogens is 1. The van der Waals surface area contributed by atoms with Crippen LogP contribution in [-0.2, 0) is 15.0 Å². The number of amides is 2. The van der Waals surface area contributed by atoms with Crippen LogP contribution in [0.2, 0.25) is 0 Å². The molecular formula is C20H28ClN3O4. The van der Waals surface area contributed by atoms with Crippen molar-refractivity contribution in [3.05, 3.63) is 23.3 Å². The lowest BCUT2D eigenvalue weighted by Gasteiger charge is -2.46. The summed E-state index contributed by atoms with van der Waals surface area (Å²) in [4.78, 5) is 26.2. The molecular weight excluding hydrogens is 382 g/mol. The number of hydrogen-bond acceptors (Lipinski definition) is 5. The number of carbonyl (C=O) groups is 2. The molecule has 1 aliphatic carbocycles. The quantitative estimate of drug-likeness (QED) is 0.792. The molecule has 1 spiro atoms. The van der Waals surface area contributed by atoms with E-state index in [1.165, 1.54) is 5.56 Å². The molecule has 1 saturated carbocycles. The van der Waals surface area contributed by atoms with Gasteiger partial charge in [0.1, 0.15) is 13.2 Å². The maximum absolute atomic E-state index is 12.9. The van der Waals surface area contributed by atoms with Crippen LogP contribution in [0.25, 0.3) is 0 Å². The van der Waals surface area contributed by atoms with Crippen LogP contribution in [0.1, 0.15) is 49.8 Å². The maximum Gasteiger partial charge on any atom is 0.242 e. The van der Waals surface area contributed by atoms with Gasteiger partial charge in [0.15, 0.2) is 11.5 Å². The first-order valence-corrected chi connectivity index (χ1v) is 9.74. The van der Waals surface area contributed by atoms with Gasteiger partial charge in [-0.25, -0.2) is 0 Å². The summed E-state index contributed by atoms with van der Waals surface area (Å²) in [5, 5.41) is 2.60. The highest BCUT2D eigenvalue weighted by atomic mass is 35.5. The zero-order valence-electron chi connectivity index (χ0n) is 16.2. The van der Waals surface area contributed by atoms with Crippen molar-refractivity contribution >= 4 is 24.2 Å². The minimum Gasteiger partial charge on any atom is -0.486 e. The Hall–Kier alpha value is -1.99. The molecule has 2 amide bonds. The van der Waals surface area contributed by atoms with Crippen molar-refractivity contribution in [1.82, 2.24) is 10.2 Å². The molecule has 1 atom stereocenters. The van der Waals surface area contributed by atoms with E-state index in [1.54, 1.807) is 0 Å². The smallest absolute Gasteiger partial charge is 0.242 e. The van der Waals surface area contributed by atoms with E-state index in [1.807, 2.05) is 17.9 Å². The van der Waals surface area contributed by atoms with Crippen molar-refractivity contribution in [2.75, 3.05) is 32.8 Å². The fourth-order valence-electron chi connectivity index (χ4n) is 4.76. The summed E-state index contributed by atoms with van der Waals surface area (Å²) in [6.07, 6.45) is 4.44. The van der Waals surface area contributed by atoms with E-state index in [4.69, 9.17) is 15.2 Å². The van der Waals surface area contributed by atoms with E-state index in [0.29, 0.717) is 19.8 Å². The summed E-state index contributed by atoms with van der Waals surface area (Å²) in [6, 6.07) is 4.11. The number of nitrogens with two attached hydrogens (primary N) is 1. The largest absolute Gasteiger partial charge is 0.486 e. The van der Waals surface area contributed by atoms with Crippen LogP contribution < -0.4 is 20.5 Å². The molecule has 0 aromatic heterocycles. The number of nitrogens with one attached hydrogen (secondary N) is 1. The van der Waals surface area contributed by atoms with Crippen molar-refractivity contribution in [3.63, 3.8) is 0 Å². The van der Waals surface area contributed by atoms with E-state index in [9.17, 15) is 9.59 Å². The average Bonchev–Trinajstić information content (AvgIpc) is 3.17.